The van der Waals surface area contributed by atoms with Crippen LogP contribution in [0.25, 0.3) is 0 Å². The molecule has 0 heterocycles. The molecule has 0 spiro atoms. The van der Waals surface area contributed by atoms with Crippen molar-refractivity contribution >= 4 is 0 Å². The van der Waals surface area contributed by atoms with Gasteiger partial charge in [0, 0.05) is 0 Å². The van der Waals surface area contributed by atoms with E-state index in [4.69, 9.17) is 5.11 Å². The number of aliphatic hydroxyl groups excluding tert-OH is 3. The van der Waals surface area contributed by atoms with Crippen molar-refractivity contribution in [3.63, 3.8) is 0 Å². The molecule has 0 bridgehead atoms. The lowest BCUT2D eigenvalue weighted by Gasteiger charge is -2.10. The maximum absolute atomic E-state index is 9.44. The van der Waals surface area contributed by atoms with Crippen molar-refractivity contribution in [2.75, 3.05) is 6.61 Å². The summed E-state index contributed by atoms with van der Waals surface area (Å²) in [5.74, 6) is 0. The fourth-order valence-electron chi connectivity index (χ4n) is 2.93. The molecule has 3 N–H and O–H groups in total. The molecule has 2 atom stereocenters. The highest BCUT2D eigenvalue weighted by Crippen LogP contribution is 2.13. The van der Waals surface area contributed by atoms with Crippen LogP contribution >= 0.6 is 0 Å². The number of rotatable bonds is 18. The number of aliphatic hydroxyl groups is 3. The summed E-state index contributed by atoms with van der Waals surface area (Å²) in [5, 5.41) is 27.3. The fraction of sp³-hybridized carbons (Fsp3) is 0.905. The van der Waals surface area contributed by atoms with Gasteiger partial charge in [-0.2, -0.15) is 0 Å². The quantitative estimate of drug-likeness (QED) is 0.239. The van der Waals surface area contributed by atoms with E-state index in [2.05, 4.69) is 6.92 Å². The zero-order chi connectivity index (χ0) is 17.9. The minimum Gasteiger partial charge on any atom is -0.394 e. The van der Waals surface area contributed by atoms with E-state index in [-0.39, 0.29) is 0 Å². The molecule has 0 saturated heterocycles. The first-order chi connectivity index (χ1) is 11.7. The van der Waals surface area contributed by atoms with Crippen LogP contribution in [0, 0.1) is 0 Å². The molecule has 0 aromatic rings. The minimum absolute atomic E-state index is 0.398. The Morgan fingerprint density at radius 1 is 0.667 bits per heavy atom. The standard InChI is InChI=1S/C21H42O3/c1-2-3-4-5-6-7-8-9-10-11-12-13-14-15-16-17-18-20(23)21(24)19-22/h17-18,20-24H,2-16,19H2,1H3. The first-order valence-corrected chi connectivity index (χ1v) is 10.4. The van der Waals surface area contributed by atoms with Crippen molar-refractivity contribution in [3.05, 3.63) is 12.2 Å². The third kappa shape index (κ3) is 16.5. The lowest BCUT2D eigenvalue weighted by atomic mass is 10.0. The maximum atomic E-state index is 9.44. The van der Waals surface area contributed by atoms with Gasteiger partial charge >= 0.3 is 0 Å². The van der Waals surface area contributed by atoms with Crippen molar-refractivity contribution in [1.29, 1.82) is 0 Å². The SMILES string of the molecule is CCCCCCCCCCCCCCCCC=CC(O)C(O)CO. The van der Waals surface area contributed by atoms with Gasteiger partial charge in [0.25, 0.3) is 0 Å². The average molecular weight is 343 g/mol. The van der Waals surface area contributed by atoms with Gasteiger partial charge in [0.2, 0.25) is 0 Å². The molecule has 0 aromatic carbocycles. The van der Waals surface area contributed by atoms with Crippen LogP contribution in [0.5, 0.6) is 0 Å². The van der Waals surface area contributed by atoms with Crippen molar-refractivity contribution in [1.82, 2.24) is 0 Å². The third-order valence-corrected chi connectivity index (χ3v) is 4.64. The van der Waals surface area contributed by atoms with Crippen LogP contribution in [0.1, 0.15) is 103 Å². The van der Waals surface area contributed by atoms with Gasteiger partial charge in [0.05, 0.1) is 6.61 Å². The Kier molecular flexibility index (Phi) is 18.7. The van der Waals surface area contributed by atoms with Gasteiger partial charge in [0.1, 0.15) is 12.2 Å². The monoisotopic (exact) mass is 342 g/mol. The van der Waals surface area contributed by atoms with E-state index in [1.54, 1.807) is 6.08 Å². The zero-order valence-corrected chi connectivity index (χ0v) is 16.0. The van der Waals surface area contributed by atoms with Crippen LogP contribution in [0.3, 0.4) is 0 Å². The second kappa shape index (κ2) is 19.0. The molecule has 24 heavy (non-hydrogen) atoms. The summed E-state index contributed by atoms with van der Waals surface area (Å²) in [5.41, 5.74) is 0. The van der Waals surface area contributed by atoms with Crippen molar-refractivity contribution in [2.45, 2.75) is 115 Å². The van der Waals surface area contributed by atoms with Gasteiger partial charge < -0.3 is 15.3 Å². The van der Waals surface area contributed by atoms with E-state index in [9.17, 15) is 10.2 Å². The van der Waals surface area contributed by atoms with Gasteiger partial charge in [-0.25, -0.2) is 0 Å². The molecule has 0 amide bonds. The molecule has 0 aliphatic carbocycles. The third-order valence-electron chi connectivity index (χ3n) is 4.64. The Hall–Kier alpha value is -0.380. The summed E-state index contributed by atoms with van der Waals surface area (Å²) in [6, 6.07) is 0. The molecular formula is C21H42O3. The van der Waals surface area contributed by atoms with Crippen LogP contribution in [0.2, 0.25) is 0 Å². The highest BCUT2D eigenvalue weighted by atomic mass is 16.4. The Labute approximate surface area is 150 Å². The van der Waals surface area contributed by atoms with Crippen LogP contribution < -0.4 is 0 Å². The average Bonchev–Trinajstić information content (AvgIpc) is 2.60. The van der Waals surface area contributed by atoms with Gasteiger partial charge in [-0.1, -0.05) is 103 Å². The normalized spacial score (nSPS) is 14.3. The molecule has 144 valence electrons. The summed E-state index contributed by atoms with van der Waals surface area (Å²) in [4.78, 5) is 0. The van der Waals surface area contributed by atoms with E-state index in [1.165, 1.54) is 83.5 Å². The van der Waals surface area contributed by atoms with Gasteiger partial charge in [-0.15, -0.1) is 0 Å². The molecule has 0 radical (unpaired) electrons. The van der Waals surface area contributed by atoms with Gasteiger partial charge in [-0.05, 0) is 12.8 Å². The second-order valence-electron chi connectivity index (χ2n) is 7.05. The molecular weight excluding hydrogens is 300 g/mol. The summed E-state index contributed by atoms with van der Waals surface area (Å²) >= 11 is 0. The fourth-order valence-corrected chi connectivity index (χ4v) is 2.93. The van der Waals surface area contributed by atoms with Crippen LogP contribution in [0.4, 0.5) is 0 Å². The van der Waals surface area contributed by atoms with E-state index >= 15 is 0 Å². The van der Waals surface area contributed by atoms with E-state index in [1.807, 2.05) is 6.08 Å². The van der Waals surface area contributed by atoms with Crippen molar-refractivity contribution < 1.29 is 15.3 Å². The molecule has 3 heteroatoms. The highest BCUT2D eigenvalue weighted by Gasteiger charge is 2.10. The topological polar surface area (TPSA) is 60.7 Å². The maximum Gasteiger partial charge on any atom is 0.106 e. The smallest absolute Gasteiger partial charge is 0.106 e. The molecule has 0 rings (SSSR count). The first-order valence-electron chi connectivity index (χ1n) is 10.4. The molecule has 0 aromatic heterocycles. The Morgan fingerprint density at radius 3 is 1.50 bits per heavy atom. The number of hydrogen-bond acceptors (Lipinski definition) is 3. The predicted octanol–water partition coefficient (Wildman–Crippen LogP) is 5.13. The van der Waals surface area contributed by atoms with E-state index in [0.29, 0.717) is 0 Å². The zero-order valence-electron chi connectivity index (χ0n) is 16.0. The van der Waals surface area contributed by atoms with Crippen molar-refractivity contribution in [2.24, 2.45) is 0 Å². The van der Waals surface area contributed by atoms with E-state index < -0.39 is 18.8 Å². The number of unbranched alkanes of at least 4 members (excludes halogenated alkanes) is 14. The Bertz CT molecular complexity index is 266. The van der Waals surface area contributed by atoms with Gasteiger partial charge in [0.15, 0.2) is 0 Å². The molecule has 2 unspecified atom stereocenters. The second-order valence-corrected chi connectivity index (χ2v) is 7.05. The Morgan fingerprint density at radius 2 is 1.08 bits per heavy atom. The van der Waals surface area contributed by atoms with E-state index in [0.717, 1.165) is 12.8 Å². The summed E-state index contributed by atoms with van der Waals surface area (Å²) in [6.07, 6.45) is 21.5. The molecule has 0 fully saturated rings. The van der Waals surface area contributed by atoms with Crippen LogP contribution in [-0.2, 0) is 0 Å². The predicted molar refractivity (Wildman–Crippen MR) is 103 cm³/mol. The van der Waals surface area contributed by atoms with Crippen LogP contribution in [-0.4, -0.2) is 34.1 Å². The summed E-state index contributed by atoms with van der Waals surface area (Å²) in [7, 11) is 0. The lowest BCUT2D eigenvalue weighted by Crippen LogP contribution is -2.27. The van der Waals surface area contributed by atoms with Gasteiger partial charge in [-0.3, -0.25) is 0 Å². The minimum atomic E-state index is -1.06. The summed E-state index contributed by atoms with van der Waals surface area (Å²) in [6.45, 7) is 1.87. The highest BCUT2D eigenvalue weighted by molar-refractivity contribution is 4.91. The molecule has 0 saturated carbocycles. The van der Waals surface area contributed by atoms with Crippen molar-refractivity contribution in [3.8, 4) is 0 Å². The molecule has 3 nitrogen and oxygen atoms in total. The number of hydrogen-bond donors (Lipinski definition) is 3. The lowest BCUT2D eigenvalue weighted by molar-refractivity contribution is 0.00937. The molecule has 0 aliphatic heterocycles. The molecule has 0 aliphatic rings. The largest absolute Gasteiger partial charge is 0.394 e. The summed E-state index contributed by atoms with van der Waals surface area (Å²) < 4.78 is 0. The van der Waals surface area contributed by atoms with Crippen LogP contribution in [0.15, 0.2) is 12.2 Å². The Balaban J connectivity index is 3.16. The number of allylic oxidation sites excluding steroid dienone is 1. The first kappa shape index (κ1) is 23.6.